The number of ether oxygens (including phenoxy) is 1. The molecule has 0 saturated heterocycles. The van der Waals surface area contributed by atoms with Crippen molar-refractivity contribution in [1.82, 2.24) is 5.32 Å². The summed E-state index contributed by atoms with van der Waals surface area (Å²) in [7, 11) is 1.63. The summed E-state index contributed by atoms with van der Waals surface area (Å²) in [6.07, 6.45) is 0.807. The highest BCUT2D eigenvalue weighted by molar-refractivity contribution is 6.19. The number of amides is 1. The zero-order valence-electron chi connectivity index (χ0n) is 11.1. The van der Waals surface area contributed by atoms with Crippen molar-refractivity contribution in [2.45, 2.75) is 26.3 Å². The average molecular weight is 270 g/mol. The first-order chi connectivity index (χ1) is 8.63. The van der Waals surface area contributed by atoms with Gasteiger partial charge in [0.25, 0.3) is 0 Å². The summed E-state index contributed by atoms with van der Waals surface area (Å²) in [4.78, 5) is 11.9. The quantitative estimate of drug-likeness (QED) is 0.806. The molecule has 0 aliphatic rings. The highest BCUT2D eigenvalue weighted by Gasteiger charge is 2.19. The largest absolute Gasteiger partial charge is 0.496 e. The van der Waals surface area contributed by atoms with Gasteiger partial charge in [-0.05, 0) is 12.5 Å². The Morgan fingerprint density at radius 3 is 2.67 bits per heavy atom. The monoisotopic (exact) mass is 269 g/mol. The topological polar surface area (TPSA) is 38.3 Å². The Kier molecular flexibility index (Phi) is 5.99. The van der Waals surface area contributed by atoms with Crippen molar-refractivity contribution in [3.05, 3.63) is 29.8 Å². The van der Waals surface area contributed by atoms with Gasteiger partial charge in [-0.1, -0.05) is 32.0 Å². The van der Waals surface area contributed by atoms with Crippen LogP contribution in [0.1, 0.15) is 31.9 Å². The summed E-state index contributed by atoms with van der Waals surface area (Å²) in [5.41, 5.74) is 0.998. The van der Waals surface area contributed by atoms with Crippen LogP contribution in [-0.2, 0) is 4.79 Å². The molecule has 1 aromatic rings. The number of benzene rings is 1. The van der Waals surface area contributed by atoms with Crippen molar-refractivity contribution in [2.75, 3.05) is 13.0 Å². The second kappa shape index (κ2) is 7.27. The van der Waals surface area contributed by atoms with E-state index in [9.17, 15) is 4.79 Å². The number of nitrogens with one attached hydrogen (secondary N) is 1. The number of hydrogen-bond acceptors (Lipinski definition) is 2. The highest BCUT2D eigenvalue weighted by atomic mass is 35.5. The summed E-state index contributed by atoms with van der Waals surface area (Å²) in [5, 5.41) is 3.00. The van der Waals surface area contributed by atoms with E-state index < -0.39 is 0 Å². The van der Waals surface area contributed by atoms with Gasteiger partial charge in [0.2, 0.25) is 5.91 Å². The maximum absolute atomic E-state index is 11.9. The van der Waals surface area contributed by atoms with Crippen LogP contribution < -0.4 is 10.1 Å². The first-order valence-corrected chi connectivity index (χ1v) is 6.66. The summed E-state index contributed by atoms with van der Waals surface area (Å²) in [5.74, 6) is 0.912. The molecule has 1 rings (SSSR count). The number of alkyl halides is 1. The Morgan fingerprint density at radius 1 is 1.44 bits per heavy atom. The molecule has 0 bridgehead atoms. The van der Waals surface area contributed by atoms with Crippen molar-refractivity contribution >= 4 is 17.5 Å². The Morgan fingerprint density at radius 2 is 2.11 bits per heavy atom. The van der Waals surface area contributed by atoms with Crippen LogP contribution in [0.4, 0.5) is 0 Å². The standard InChI is InChI=1S/C14H20ClNO2/c1-4-12(16-14(17)10(2)9-15)11-7-5-6-8-13(11)18-3/h5-8,10,12H,4,9H2,1-3H3,(H,16,17). The molecule has 0 aromatic heterocycles. The molecule has 0 aliphatic heterocycles. The van der Waals surface area contributed by atoms with Gasteiger partial charge in [0.1, 0.15) is 5.75 Å². The average Bonchev–Trinajstić information content (AvgIpc) is 2.43. The Hall–Kier alpha value is -1.22. The van der Waals surface area contributed by atoms with Crippen molar-refractivity contribution in [3.63, 3.8) is 0 Å². The summed E-state index contributed by atoms with van der Waals surface area (Å²) >= 11 is 5.69. The zero-order chi connectivity index (χ0) is 13.5. The number of rotatable bonds is 6. The van der Waals surface area contributed by atoms with E-state index in [-0.39, 0.29) is 17.9 Å². The molecular weight excluding hydrogens is 250 g/mol. The molecule has 2 unspecified atom stereocenters. The van der Waals surface area contributed by atoms with Crippen molar-refractivity contribution in [3.8, 4) is 5.75 Å². The molecule has 4 heteroatoms. The van der Waals surface area contributed by atoms with Crippen LogP contribution in [0.15, 0.2) is 24.3 Å². The molecule has 0 spiro atoms. The van der Waals surface area contributed by atoms with E-state index in [0.29, 0.717) is 5.88 Å². The van der Waals surface area contributed by atoms with Gasteiger partial charge in [-0.25, -0.2) is 0 Å². The fourth-order valence-electron chi connectivity index (χ4n) is 1.74. The molecule has 100 valence electrons. The molecule has 1 amide bonds. The first-order valence-electron chi connectivity index (χ1n) is 6.13. The minimum absolute atomic E-state index is 0.0252. The van der Waals surface area contributed by atoms with Crippen molar-refractivity contribution in [2.24, 2.45) is 5.92 Å². The van der Waals surface area contributed by atoms with Gasteiger partial charge in [0, 0.05) is 17.4 Å². The van der Waals surface area contributed by atoms with Gasteiger partial charge in [0.05, 0.1) is 13.2 Å². The second-order valence-electron chi connectivity index (χ2n) is 4.27. The number of hydrogen-bond donors (Lipinski definition) is 1. The second-order valence-corrected chi connectivity index (χ2v) is 4.58. The molecule has 1 aromatic carbocycles. The number of methoxy groups -OCH3 is 1. The van der Waals surface area contributed by atoms with Crippen LogP contribution in [0.25, 0.3) is 0 Å². The molecule has 0 radical (unpaired) electrons. The molecule has 1 N–H and O–H groups in total. The minimum atomic E-state index is -0.185. The van der Waals surface area contributed by atoms with Gasteiger partial charge in [0.15, 0.2) is 0 Å². The molecule has 0 aliphatic carbocycles. The summed E-state index contributed by atoms with van der Waals surface area (Å²) < 4.78 is 5.32. The van der Waals surface area contributed by atoms with Crippen molar-refractivity contribution < 1.29 is 9.53 Å². The van der Waals surface area contributed by atoms with Crippen LogP contribution in [0.3, 0.4) is 0 Å². The molecular formula is C14H20ClNO2. The van der Waals surface area contributed by atoms with Crippen LogP contribution in [0.2, 0.25) is 0 Å². The molecule has 3 nitrogen and oxygen atoms in total. The highest BCUT2D eigenvalue weighted by Crippen LogP contribution is 2.27. The Bertz CT molecular complexity index is 395. The van der Waals surface area contributed by atoms with Gasteiger partial charge in [-0.15, -0.1) is 11.6 Å². The van der Waals surface area contributed by atoms with E-state index in [1.807, 2.05) is 38.1 Å². The van der Waals surface area contributed by atoms with Gasteiger partial charge in [-0.2, -0.15) is 0 Å². The van der Waals surface area contributed by atoms with E-state index in [4.69, 9.17) is 16.3 Å². The van der Waals surface area contributed by atoms with Crippen LogP contribution >= 0.6 is 11.6 Å². The lowest BCUT2D eigenvalue weighted by atomic mass is 10.0. The molecule has 0 heterocycles. The van der Waals surface area contributed by atoms with E-state index >= 15 is 0 Å². The van der Waals surface area contributed by atoms with Crippen LogP contribution in [0.5, 0.6) is 5.75 Å². The van der Waals surface area contributed by atoms with Gasteiger partial charge in [-0.3, -0.25) is 4.79 Å². The third-order valence-corrected chi connectivity index (χ3v) is 3.38. The SMILES string of the molecule is CCC(NC(=O)C(C)CCl)c1ccccc1OC. The molecule has 18 heavy (non-hydrogen) atoms. The Labute approximate surface area is 113 Å². The number of halogens is 1. The molecule has 2 atom stereocenters. The fraction of sp³-hybridized carbons (Fsp3) is 0.500. The maximum atomic E-state index is 11.9. The van der Waals surface area contributed by atoms with Crippen molar-refractivity contribution in [1.29, 1.82) is 0 Å². The van der Waals surface area contributed by atoms with Gasteiger partial charge < -0.3 is 10.1 Å². The third-order valence-electron chi connectivity index (χ3n) is 2.92. The van der Waals surface area contributed by atoms with Crippen LogP contribution in [-0.4, -0.2) is 18.9 Å². The zero-order valence-corrected chi connectivity index (χ0v) is 11.8. The normalized spacial score (nSPS) is 13.8. The first kappa shape index (κ1) is 14.8. The smallest absolute Gasteiger partial charge is 0.224 e. The van der Waals surface area contributed by atoms with Crippen LogP contribution in [0, 0.1) is 5.92 Å². The van der Waals surface area contributed by atoms with Gasteiger partial charge >= 0.3 is 0 Å². The predicted octanol–water partition coefficient (Wildman–Crippen LogP) is 3.14. The lowest BCUT2D eigenvalue weighted by Gasteiger charge is -2.21. The predicted molar refractivity (Wildman–Crippen MR) is 74.1 cm³/mol. The summed E-state index contributed by atoms with van der Waals surface area (Å²) in [6, 6.07) is 7.68. The summed E-state index contributed by atoms with van der Waals surface area (Å²) in [6.45, 7) is 3.85. The Balaban J connectivity index is 2.86. The van der Waals surface area contributed by atoms with E-state index in [2.05, 4.69) is 5.32 Å². The number of carbonyl (C=O) groups is 1. The van der Waals surface area contributed by atoms with E-state index in [1.165, 1.54) is 0 Å². The maximum Gasteiger partial charge on any atom is 0.224 e. The molecule has 0 saturated carbocycles. The number of carbonyl (C=O) groups excluding carboxylic acids is 1. The number of para-hydroxylation sites is 1. The van der Waals surface area contributed by atoms with E-state index in [1.54, 1.807) is 7.11 Å². The molecule has 0 fully saturated rings. The fourth-order valence-corrected chi connectivity index (χ4v) is 1.88. The minimum Gasteiger partial charge on any atom is -0.496 e. The lowest BCUT2D eigenvalue weighted by Crippen LogP contribution is -2.33. The lowest BCUT2D eigenvalue weighted by molar-refractivity contribution is -0.124. The van der Waals surface area contributed by atoms with E-state index in [0.717, 1.165) is 17.7 Å². The third kappa shape index (κ3) is 3.64.